The Bertz CT molecular complexity index is 799. The predicted octanol–water partition coefficient (Wildman–Crippen LogP) is 3.60. The Balaban J connectivity index is 0.00000341. The third-order valence-electron chi connectivity index (χ3n) is 6.68. The second-order valence-corrected chi connectivity index (χ2v) is 10.9. The van der Waals surface area contributed by atoms with Crippen LogP contribution in [0.1, 0.15) is 56.9 Å². The van der Waals surface area contributed by atoms with Crippen molar-refractivity contribution in [2.24, 2.45) is 4.99 Å². The van der Waals surface area contributed by atoms with Crippen molar-refractivity contribution in [3.8, 4) is 0 Å². The summed E-state index contributed by atoms with van der Waals surface area (Å²) < 4.78 is 23.2. The molecule has 3 rings (SSSR count). The number of likely N-dealkylation sites (tertiary alicyclic amines) is 1. The molecule has 0 unspecified atom stereocenters. The molecule has 0 spiro atoms. The second-order valence-electron chi connectivity index (χ2n) is 8.85. The van der Waals surface area contributed by atoms with Crippen LogP contribution in [0.3, 0.4) is 0 Å². The number of guanidine groups is 1. The van der Waals surface area contributed by atoms with Crippen molar-refractivity contribution in [2.45, 2.75) is 68.2 Å². The molecule has 8 heteroatoms. The molecule has 1 aliphatic carbocycles. The summed E-state index contributed by atoms with van der Waals surface area (Å²) >= 11 is 0. The van der Waals surface area contributed by atoms with Crippen molar-refractivity contribution in [1.29, 1.82) is 0 Å². The lowest BCUT2D eigenvalue weighted by atomic mass is 9.79. The molecule has 1 saturated heterocycles. The molecule has 1 aromatic carbocycles. The fourth-order valence-electron chi connectivity index (χ4n) is 4.88. The van der Waals surface area contributed by atoms with Crippen molar-refractivity contribution >= 4 is 39.8 Å². The molecular formula is C23H39IN4O2S. The van der Waals surface area contributed by atoms with Gasteiger partial charge in [-0.3, -0.25) is 9.89 Å². The molecule has 176 valence electrons. The number of hydrogen-bond donors (Lipinski definition) is 2. The summed E-state index contributed by atoms with van der Waals surface area (Å²) in [5.41, 5.74) is 1.39. The molecule has 2 N–H and O–H groups in total. The maximum Gasteiger partial charge on any atom is 0.191 e. The number of hydrogen-bond acceptors (Lipinski definition) is 4. The third kappa shape index (κ3) is 7.60. The molecule has 31 heavy (non-hydrogen) atoms. The highest BCUT2D eigenvalue weighted by molar-refractivity contribution is 14.0. The maximum absolute atomic E-state index is 11.6. The van der Waals surface area contributed by atoms with Crippen LogP contribution in [0.5, 0.6) is 0 Å². The first-order chi connectivity index (χ1) is 14.4. The van der Waals surface area contributed by atoms with Crippen LogP contribution in [0, 0.1) is 0 Å². The predicted molar refractivity (Wildman–Crippen MR) is 139 cm³/mol. The number of halogens is 1. The number of sulfone groups is 1. The van der Waals surface area contributed by atoms with Gasteiger partial charge in [-0.05, 0) is 62.9 Å². The van der Waals surface area contributed by atoms with Gasteiger partial charge in [-0.2, -0.15) is 0 Å². The molecule has 1 saturated carbocycles. The normalized spacial score (nSPS) is 20.0. The number of nitrogens with one attached hydrogen (secondary N) is 2. The maximum atomic E-state index is 11.6. The summed E-state index contributed by atoms with van der Waals surface area (Å²) in [6, 6.07) is 7.15. The minimum absolute atomic E-state index is 0. The highest BCUT2D eigenvalue weighted by Gasteiger charge is 2.38. The van der Waals surface area contributed by atoms with Crippen LogP contribution >= 0.6 is 24.0 Å². The zero-order valence-corrected chi connectivity index (χ0v) is 22.2. The quantitative estimate of drug-likeness (QED) is 0.302. The van der Waals surface area contributed by atoms with Crippen molar-refractivity contribution in [3.63, 3.8) is 0 Å². The van der Waals surface area contributed by atoms with Crippen LogP contribution in [0.25, 0.3) is 0 Å². The summed E-state index contributed by atoms with van der Waals surface area (Å²) in [7, 11) is -1.32. The van der Waals surface area contributed by atoms with Gasteiger partial charge in [0.1, 0.15) is 0 Å². The topological polar surface area (TPSA) is 73.8 Å². The average Bonchev–Trinajstić information content (AvgIpc) is 2.77. The van der Waals surface area contributed by atoms with Crippen LogP contribution < -0.4 is 10.6 Å². The molecule has 0 bridgehead atoms. The molecule has 1 aromatic rings. The Morgan fingerprint density at radius 1 is 1.00 bits per heavy atom. The van der Waals surface area contributed by atoms with Gasteiger partial charge in [0.05, 0.1) is 4.90 Å². The monoisotopic (exact) mass is 562 g/mol. The van der Waals surface area contributed by atoms with Crippen molar-refractivity contribution in [2.75, 3.05) is 39.5 Å². The van der Waals surface area contributed by atoms with E-state index in [0.29, 0.717) is 4.90 Å². The fourth-order valence-corrected chi connectivity index (χ4v) is 5.51. The number of piperidine rings is 1. The van der Waals surface area contributed by atoms with Crippen molar-refractivity contribution in [3.05, 3.63) is 29.8 Å². The van der Waals surface area contributed by atoms with Crippen molar-refractivity contribution in [1.82, 2.24) is 15.5 Å². The fraction of sp³-hybridized carbons (Fsp3) is 0.696. The van der Waals surface area contributed by atoms with Gasteiger partial charge in [-0.15, -0.1) is 24.0 Å². The van der Waals surface area contributed by atoms with Gasteiger partial charge >= 0.3 is 0 Å². The van der Waals surface area contributed by atoms with E-state index < -0.39 is 9.84 Å². The van der Waals surface area contributed by atoms with E-state index in [1.807, 2.05) is 19.2 Å². The lowest BCUT2D eigenvalue weighted by Gasteiger charge is -2.48. The van der Waals surface area contributed by atoms with E-state index >= 15 is 0 Å². The summed E-state index contributed by atoms with van der Waals surface area (Å²) in [5.74, 6) is 0.852. The van der Waals surface area contributed by atoms with E-state index in [1.165, 1.54) is 70.7 Å². The Kier molecular flexibility index (Phi) is 10.5. The molecule has 2 aliphatic rings. The van der Waals surface area contributed by atoms with Gasteiger partial charge < -0.3 is 10.6 Å². The van der Waals surface area contributed by atoms with E-state index in [0.717, 1.165) is 31.0 Å². The molecule has 0 radical (unpaired) electrons. The lowest BCUT2D eigenvalue weighted by Crippen LogP contribution is -2.59. The molecule has 6 nitrogen and oxygen atoms in total. The van der Waals surface area contributed by atoms with Gasteiger partial charge in [0, 0.05) is 31.9 Å². The molecule has 2 fully saturated rings. The summed E-state index contributed by atoms with van der Waals surface area (Å²) in [6.07, 6.45) is 12.7. The largest absolute Gasteiger partial charge is 0.356 e. The smallest absolute Gasteiger partial charge is 0.191 e. The van der Waals surface area contributed by atoms with E-state index in [2.05, 4.69) is 20.5 Å². The Labute approximate surface area is 205 Å². The summed E-state index contributed by atoms with van der Waals surface area (Å²) in [6.45, 7) is 4.18. The first kappa shape index (κ1) is 26.4. The number of nitrogens with zero attached hydrogens (tertiary/aromatic N) is 2. The van der Waals surface area contributed by atoms with E-state index in [-0.39, 0.29) is 29.5 Å². The van der Waals surface area contributed by atoms with Crippen LogP contribution in [-0.2, 0) is 16.3 Å². The minimum atomic E-state index is -3.14. The molecule has 1 aliphatic heterocycles. The molecular weight excluding hydrogens is 523 g/mol. The summed E-state index contributed by atoms with van der Waals surface area (Å²) in [5, 5.41) is 7.04. The standard InChI is InChI=1S/C23H38N4O2S.HI/c1-24-22(25-16-13-20-9-11-21(12-10-20)30(2,28)29)26-19-23(14-5-3-6-15-23)27-17-7-4-8-18-27;/h9-12H,3-8,13-19H2,1-2H3,(H2,24,25,26);1H. The molecule has 1 heterocycles. The number of benzene rings is 1. The summed E-state index contributed by atoms with van der Waals surface area (Å²) in [4.78, 5) is 7.54. The van der Waals surface area contributed by atoms with Gasteiger partial charge in [0.25, 0.3) is 0 Å². The Morgan fingerprint density at radius 3 is 2.19 bits per heavy atom. The zero-order chi connectivity index (χ0) is 21.5. The first-order valence-corrected chi connectivity index (χ1v) is 13.3. The lowest BCUT2D eigenvalue weighted by molar-refractivity contribution is 0.0368. The number of rotatable bonds is 7. The van der Waals surface area contributed by atoms with Crippen LogP contribution in [0.4, 0.5) is 0 Å². The van der Waals surface area contributed by atoms with Crippen molar-refractivity contribution < 1.29 is 8.42 Å². The Morgan fingerprint density at radius 2 is 1.61 bits per heavy atom. The molecule has 0 amide bonds. The van der Waals surface area contributed by atoms with Crippen LogP contribution in [-0.4, -0.2) is 64.3 Å². The van der Waals surface area contributed by atoms with Crippen LogP contribution in [0.2, 0.25) is 0 Å². The first-order valence-electron chi connectivity index (χ1n) is 11.4. The van der Waals surface area contributed by atoms with Gasteiger partial charge in [0.2, 0.25) is 0 Å². The third-order valence-corrected chi connectivity index (χ3v) is 7.81. The second kappa shape index (κ2) is 12.4. The highest BCUT2D eigenvalue weighted by Crippen LogP contribution is 2.35. The minimum Gasteiger partial charge on any atom is -0.356 e. The SMILES string of the molecule is CN=C(NCCc1ccc(S(C)(=O)=O)cc1)NCC1(N2CCCCC2)CCCCC1.I. The number of aliphatic imine (C=N–C) groups is 1. The van der Waals surface area contributed by atoms with E-state index in [1.54, 1.807) is 12.1 Å². The van der Waals surface area contributed by atoms with E-state index in [9.17, 15) is 8.42 Å². The highest BCUT2D eigenvalue weighted by atomic mass is 127. The average molecular weight is 563 g/mol. The van der Waals surface area contributed by atoms with Gasteiger partial charge in [-0.1, -0.05) is 37.8 Å². The van der Waals surface area contributed by atoms with E-state index in [4.69, 9.17) is 0 Å². The Hall–Kier alpha value is -0.870. The molecule has 0 aromatic heterocycles. The zero-order valence-electron chi connectivity index (χ0n) is 19.0. The molecule has 0 atom stereocenters. The van der Waals surface area contributed by atoms with Crippen LogP contribution in [0.15, 0.2) is 34.2 Å². The van der Waals surface area contributed by atoms with Gasteiger partial charge in [0.15, 0.2) is 15.8 Å². The van der Waals surface area contributed by atoms with Gasteiger partial charge in [-0.25, -0.2) is 8.42 Å².